The van der Waals surface area contributed by atoms with Gasteiger partial charge >= 0.3 is 5.97 Å². The third-order valence-electron chi connectivity index (χ3n) is 6.10. The van der Waals surface area contributed by atoms with Gasteiger partial charge in [-0.2, -0.15) is 0 Å². The van der Waals surface area contributed by atoms with E-state index >= 15 is 0 Å². The highest BCUT2D eigenvalue weighted by Gasteiger charge is 2.32. The zero-order valence-electron chi connectivity index (χ0n) is 19.9. The van der Waals surface area contributed by atoms with Crippen molar-refractivity contribution in [2.75, 3.05) is 13.2 Å². The molecule has 3 unspecified atom stereocenters. The zero-order chi connectivity index (χ0) is 24.8. The molecular formula is C28H29N3O4. The van der Waals surface area contributed by atoms with Crippen LogP contribution in [-0.4, -0.2) is 59.1 Å². The maximum Gasteiger partial charge on any atom is 0.326 e. The van der Waals surface area contributed by atoms with Crippen LogP contribution in [0.5, 0.6) is 0 Å². The molecule has 0 aromatic heterocycles. The number of aliphatic imine (C=N–C) groups is 1. The summed E-state index contributed by atoms with van der Waals surface area (Å²) in [7, 11) is 0. The summed E-state index contributed by atoms with van der Waals surface area (Å²) in [5, 5.41) is 12.4. The van der Waals surface area contributed by atoms with Crippen LogP contribution in [0.1, 0.15) is 26.7 Å². The molecule has 1 amide bonds. The molecule has 0 bridgehead atoms. The fourth-order valence-electron chi connectivity index (χ4n) is 3.95. The van der Waals surface area contributed by atoms with E-state index in [0.717, 1.165) is 29.0 Å². The number of aliphatic carboxylic acids is 1. The minimum absolute atomic E-state index is 0.115. The second-order valence-electron chi connectivity index (χ2n) is 8.80. The van der Waals surface area contributed by atoms with Crippen LogP contribution in [0, 0.1) is 11.8 Å². The largest absolute Gasteiger partial charge is 0.480 e. The molecule has 0 radical (unpaired) electrons. The lowest BCUT2D eigenvalue weighted by atomic mass is 10.0. The number of hydrogen-bond acceptors (Lipinski definition) is 5. The second kappa shape index (κ2) is 11.0. The Balaban J connectivity index is 1.33. The molecule has 0 saturated heterocycles. The topological polar surface area (TPSA) is 91.2 Å². The summed E-state index contributed by atoms with van der Waals surface area (Å²) < 4.78 is 5.90. The number of carboxylic acid groups (broad SMARTS) is 1. The van der Waals surface area contributed by atoms with E-state index in [1.165, 1.54) is 0 Å². The van der Waals surface area contributed by atoms with Crippen molar-refractivity contribution in [3.05, 3.63) is 83.2 Å². The summed E-state index contributed by atoms with van der Waals surface area (Å²) in [6.45, 7) is 4.83. The molecule has 0 saturated carbocycles. The molecule has 7 heteroatoms. The molecule has 3 atom stereocenters. The Morgan fingerprint density at radius 1 is 1.26 bits per heavy atom. The van der Waals surface area contributed by atoms with Gasteiger partial charge < -0.3 is 20.1 Å². The average molecular weight is 472 g/mol. The number of carboxylic acids is 1. The maximum atomic E-state index is 12.8. The molecule has 35 heavy (non-hydrogen) atoms. The molecule has 2 N–H and O–H groups in total. The average Bonchev–Trinajstić information content (AvgIpc) is 2.98. The molecule has 0 aromatic carbocycles. The van der Waals surface area contributed by atoms with E-state index < -0.39 is 30.1 Å². The number of carbonyl (C=O) groups is 2. The summed E-state index contributed by atoms with van der Waals surface area (Å²) in [4.78, 5) is 31.1. The first-order valence-electron chi connectivity index (χ1n) is 11.7. The van der Waals surface area contributed by atoms with Gasteiger partial charge in [0.25, 0.3) is 0 Å². The van der Waals surface area contributed by atoms with Crippen LogP contribution in [-0.2, 0) is 14.3 Å². The number of rotatable bonds is 8. The van der Waals surface area contributed by atoms with Gasteiger partial charge in [0.2, 0.25) is 5.91 Å². The van der Waals surface area contributed by atoms with Gasteiger partial charge in [0.1, 0.15) is 24.0 Å². The van der Waals surface area contributed by atoms with Gasteiger partial charge in [0.15, 0.2) is 0 Å². The predicted molar refractivity (Wildman–Crippen MR) is 135 cm³/mol. The number of amides is 1. The van der Waals surface area contributed by atoms with Gasteiger partial charge in [0.05, 0.1) is 13.2 Å². The monoisotopic (exact) mass is 471 g/mol. The maximum absolute atomic E-state index is 12.8. The highest BCUT2D eigenvalue weighted by molar-refractivity contribution is 6.01. The number of nitrogens with zero attached hydrogens (tertiary/aromatic N) is 2. The summed E-state index contributed by atoms with van der Waals surface area (Å²) >= 11 is 0. The van der Waals surface area contributed by atoms with Crippen molar-refractivity contribution in [1.29, 1.82) is 0 Å². The molecule has 4 rings (SSSR count). The molecule has 2 aliphatic carbocycles. The number of amidine groups is 1. The number of ether oxygens (including phenoxy) is 1. The van der Waals surface area contributed by atoms with Crippen LogP contribution in [0.25, 0.3) is 0 Å². The third kappa shape index (κ3) is 6.37. The van der Waals surface area contributed by atoms with Gasteiger partial charge in [-0.1, -0.05) is 48.3 Å². The molecule has 2 heterocycles. The summed E-state index contributed by atoms with van der Waals surface area (Å²) in [6.07, 6.45) is 20.0. The molecular weight excluding hydrogens is 442 g/mol. The lowest BCUT2D eigenvalue weighted by molar-refractivity contribution is -0.141. The Bertz CT molecular complexity index is 1200. The van der Waals surface area contributed by atoms with Gasteiger partial charge in [-0.25, -0.2) is 4.79 Å². The van der Waals surface area contributed by atoms with Crippen molar-refractivity contribution >= 4 is 17.7 Å². The van der Waals surface area contributed by atoms with Crippen molar-refractivity contribution in [2.45, 2.75) is 44.9 Å². The smallest absolute Gasteiger partial charge is 0.326 e. The first-order valence-corrected chi connectivity index (χ1v) is 11.7. The highest BCUT2D eigenvalue weighted by Crippen LogP contribution is 2.22. The number of allylic oxidation sites excluding steroid dienone is 8. The van der Waals surface area contributed by atoms with E-state index in [2.05, 4.69) is 34.3 Å². The van der Waals surface area contributed by atoms with E-state index in [9.17, 15) is 14.7 Å². The van der Waals surface area contributed by atoms with E-state index in [1.54, 1.807) is 12.2 Å². The normalized spacial score (nSPS) is 23.4. The Hall–Kier alpha value is -3.89. The fourth-order valence-corrected chi connectivity index (χ4v) is 3.95. The lowest BCUT2D eigenvalue weighted by Gasteiger charge is -2.21. The minimum atomic E-state index is -1.10. The van der Waals surface area contributed by atoms with Crippen LogP contribution in [0.2, 0.25) is 0 Å². The Kier molecular flexibility index (Phi) is 7.64. The van der Waals surface area contributed by atoms with Crippen LogP contribution in [0.15, 0.2) is 88.2 Å². The quantitative estimate of drug-likeness (QED) is 0.531. The van der Waals surface area contributed by atoms with E-state index in [4.69, 9.17) is 4.74 Å². The van der Waals surface area contributed by atoms with E-state index in [1.807, 2.05) is 55.3 Å². The zero-order valence-corrected chi connectivity index (χ0v) is 19.9. The van der Waals surface area contributed by atoms with Crippen LogP contribution >= 0.6 is 0 Å². The summed E-state index contributed by atoms with van der Waals surface area (Å²) in [5.41, 5.74) is 4.00. The van der Waals surface area contributed by atoms with Crippen LogP contribution in [0.3, 0.4) is 0 Å². The number of nitrogens with one attached hydrogen (secondary N) is 1. The van der Waals surface area contributed by atoms with Crippen LogP contribution in [0.4, 0.5) is 0 Å². The highest BCUT2D eigenvalue weighted by atomic mass is 16.5. The third-order valence-corrected chi connectivity index (χ3v) is 6.10. The Morgan fingerprint density at radius 3 is 2.94 bits per heavy atom. The van der Waals surface area contributed by atoms with Crippen LogP contribution < -0.4 is 5.32 Å². The molecule has 2 aliphatic heterocycles. The van der Waals surface area contributed by atoms with Crippen molar-refractivity contribution in [1.82, 2.24) is 10.2 Å². The molecule has 180 valence electrons. The standard InChI is InChI=1S/C28H29N3O4/c1-19-14-26-29-25(17-31(26)16-20(19)2)27(32)30-24(28(33)34)15-21-10-7-11-23(13-12-21)35-18-22-8-5-3-4-6-9-22/h3-5,8-10,12-14,16,23-25H,6,15,17-18H2,1-2H3,(H,30,32)(H,33,34). The Labute approximate surface area is 205 Å². The molecule has 7 nitrogen and oxygen atoms in total. The van der Waals surface area contributed by atoms with Gasteiger partial charge in [-0.05, 0) is 60.8 Å². The Morgan fingerprint density at radius 2 is 2.11 bits per heavy atom. The molecule has 0 spiro atoms. The van der Waals surface area contributed by atoms with Gasteiger partial charge in [0, 0.05) is 12.6 Å². The molecule has 0 aromatic rings. The first-order chi connectivity index (χ1) is 16.9. The predicted octanol–water partition coefficient (Wildman–Crippen LogP) is 3.22. The summed E-state index contributed by atoms with van der Waals surface area (Å²) in [5.74, 6) is 5.18. The number of fused-ring (bicyclic) bond motifs is 1. The number of carbonyl (C=O) groups excluding carboxylic acids is 1. The van der Waals surface area contributed by atoms with Gasteiger partial charge in [-0.3, -0.25) is 9.79 Å². The lowest BCUT2D eigenvalue weighted by Crippen LogP contribution is -2.46. The summed E-state index contributed by atoms with van der Waals surface area (Å²) in [6, 6.07) is -1.74. The van der Waals surface area contributed by atoms with Crippen molar-refractivity contribution in [2.24, 2.45) is 4.99 Å². The van der Waals surface area contributed by atoms with Crippen molar-refractivity contribution in [3.8, 4) is 11.8 Å². The molecule has 0 fully saturated rings. The second-order valence-corrected chi connectivity index (χ2v) is 8.80. The van der Waals surface area contributed by atoms with E-state index in [-0.39, 0.29) is 6.42 Å². The SMILES string of the molecule is CC1=CC2=NC(C(=O)NC(CC3=CC#CC(OCC4=CCC=CC=C4)C=C3)C(=O)O)CN2C=C1C. The van der Waals surface area contributed by atoms with Crippen molar-refractivity contribution in [3.63, 3.8) is 0 Å². The first kappa shape index (κ1) is 24.2. The van der Waals surface area contributed by atoms with Gasteiger partial charge in [-0.15, -0.1) is 0 Å². The fraction of sp³-hybridized carbons (Fsp3) is 0.321. The van der Waals surface area contributed by atoms with E-state index in [0.29, 0.717) is 18.7 Å². The number of hydrogen-bond donors (Lipinski definition) is 2. The minimum Gasteiger partial charge on any atom is -0.480 e. The van der Waals surface area contributed by atoms with Crippen molar-refractivity contribution < 1.29 is 19.4 Å². The molecule has 4 aliphatic rings.